The highest BCUT2D eigenvalue weighted by molar-refractivity contribution is 7.23. The van der Waals surface area contributed by atoms with Gasteiger partial charge in [0.15, 0.2) is 10.1 Å². The van der Waals surface area contributed by atoms with Crippen molar-refractivity contribution in [3.63, 3.8) is 0 Å². The summed E-state index contributed by atoms with van der Waals surface area (Å²) in [7, 11) is 4.09. The Morgan fingerprint density at radius 3 is 2.47 bits per heavy atom. The van der Waals surface area contributed by atoms with Crippen LogP contribution < -0.4 is 4.90 Å². The predicted octanol–water partition coefficient (Wildman–Crippen LogP) is 5.49. The second-order valence-electron chi connectivity index (χ2n) is 7.25. The van der Waals surface area contributed by atoms with Crippen LogP contribution in [0.4, 0.5) is 5.13 Å². The fraction of sp³-hybridized carbons (Fsp3) is 0.318. The van der Waals surface area contributed by atoms with Gasteiger partial charge in [0.25, 0.3) is 5.91 Å². The summed E-state index contributed by atoms with van der Waals surface area (Å²) in [5, 5.41) is 1.26. The van der Waals surface area contributed by atoms with Crippen LogP contribution in [0.2, 0.25) is 0 Å². The highest BCUT2D eigenvalue weighted by Crippen LogP contribution is 2.32. The Hall–Kier alpha value is -2.06. The first-order valence-corrected chi connectivity index (χ1v) is 11.4. The third-order valence-electron chi connectivity index (χ3n) is 4.79. The van der Waals surface area contributed by atoms with Crippen molar-refractivity contribution in [2.75, 3.05) is 32.1 Å². The number of rotatable bonds is 7. The summed E-state index contributed by atoms with van der Waals surface area (Å²) >= 11 is 3.03. The SMILES string of the molecule is CCc1ccc2nc(N(CCCN(C)C)C(=O)c3nc4ccccc4s3)sc2c1.Cl. The standard InChI is InChI=1S/C22H24N4OS2.ClH/c1-4-15-10-11-17-19(14-15)29-22(24-17)26(13-7-12-25(2)3)21(27)20-23-16-8-5-6-9-18(16)28-20;/h5-6,8-11,14H,4,7,12-13H2,1-3H3;1H. The number of aryl methyl sites for hydroxylation is 1. The van der Waals surface area contributed by atoms with Gasteiger partial charge in [-0.2, -0.15) is 0 Å². The third kappa shape index (κ3) is 4.81. The second kappa shape index (κ2) is 9.83. The maximum Gasteiger partial charge on any atom is 0.289 e. The number of carbonyl (C=O) groups is 1. The Bertz CT molecular complexity index is 1120. The normalized spacial score (nSPS) is 11.2. The van der Waals surface area contributed by atoms with E-state index in [-0.39, 0.29) is 18.3 Å². The van der Waals surface area contributed by atoms with Gasteiger partial charge in [0.05, 0.1) is 20.4 Å². The average molecular weight is 461 g/mol. The van der Waals surface area contributed by atoms with Crippen LogP contribution in [0.1, 0.15) is 28.7 Å². The van der Waals surface area contributed by atoms with Crippen LogP contribution in [-0.4, -0.2) is 48.0 Å². The number of thiazole rings is 2. The molecule has 0 radical (unpaired) electrons. The zero-order valence-corrected chi connectivity index (χ0v) is 19.7. The molecule has 0 aliphatic carbocycles. The largest absolute Gasteiger partial charge is 0.309 e. The lowest BCUT2D eigenvalue weighted by molar-refractivity contribution is 0.0986. The van der Waals surface area contributed by atoms with E-state index in [9.17, 15) is 4.79 Å². The van der Waals surface area contributed by atoms with Crippen LogP contribution in [0.15, 0.2) is 42.5 Å². The first-order chi connectivity index (χ1) is 14.0. The monoisotopic (exact) mass is 460 g/mol. The minimum atomic E-state index is -0.0697. The minimum absolute atomic E-state index is 0. The van der Waals surface area contributed by atoms with Crippen molar-refractivity contribution in [2.45, 2.75) is 19.8 Å². The average Bonchev–Trinajstić information content (AvgIpc) is 3.33. The lowest BCUT2D eigenvalue weighted by atomic mass is 10.2. The molecular formula is C22H25ClN4OS2. The van der Waals surface area contributed by atoms with E-state index in [2.05, 4.69) is 28.9 Å². The molecule has 0 N–H and O–H groups in total. The lowest BCUT2D eigenvalue weighted by Gasteiger charge is -2.19. The molecule has 5 nitrogen and oxygen atoms in total. The van der Waals surface area contributed by atoms with Crippen molar-refractivity contribution in [3.8, 4) is 0 Å². The molecule has 4 aromatic rings. The number of hydrogen-bond acceptors (Lipinski definition) is 6. The van der Waals surface area contributed by atoms with Crippen molar-refractivity contribution in [1.29, 1.82) is 0 Å². The van der Waals surface area contributed by atoms with Gasteiger partial charge in [-0.15, -0.1) is 23.7 Å². The first kappa shape index (κ1) is 22.6. The minimum Gasteiger partial charge on any atom is -0.309 e. The molecule has 2 aromatic heterocycles. The van der Waals surface area contributed by atoms with Gasteiger partial charge in [0.1, 0.15) is 0 Å². The maximum absolute atomic E-state index is 13.4. The van der Waals surface area contributed by atoms with Crippen molar-refractivity contribution in [2.24, 2.45) is 0 Å². The van der Waals surface area contributed by atoms with Crippen LogP contribution >= 0.6 is 35.1 Å². The van der Waals surface area contributed by atoms with E-state index < -0.39 is 0 Å². The number of hydrogen-bond donors (Lipinski definition) is 0. The molecule has 0 spiro atoms. The number of benzene rings is 2. The number of nitrogens with zero attached hydrogens (tertiary/aromatic N) is 4. The molecule has 0 aliphatic heterocycles. The van der Waals surface area contributed by atoms with Gasteiger partial charge >= 0.3 is 0 Å². The summed E-state index contributed by atoms with van der Waals surface area (Å²) < 4.78 is 2.15. The van der Waals surface area contributed by atoms with Gasteiger partial charge in [0.2, 0.25) is 0 Å². The maximum atomic E-state index is 13.4. The van der Waals surface area contributed by atoms with Crippen LogP contribution in [-0.2, 0) is 6.42 Å². The van der Waals surface area contributed by atoms with E-state index in [1.54, 1.807) is 16.2 Å². The van der Waals surface area contributed by atoms with Crippen molar-refractivity contribution < 1.29 is 4.79 Å². The van der Waals surface area contributed by atoms with Gasteiger partial charge in [-0.05, 0) is 63.3 Å². The Morgan fingerprint density at radius 1 is 0.967 bits per heavy atom. The van der Waals surface area contributed by atoms with Crippen molar-refractivity contribution >= 4 is 66.6 Å². The Morgan fingerprint density at radius 2 is 1.73 bits per heavy atom. The molecule has 0 bridgehead atoms. The van der Waals surface area contributed by atoms with Crippen LogP contribution in [0.25, 0.3) is 20.4 Å². The molecule has 0 unspecified atom stereocenters. The fourth-order valence-corrected chi connectivity index (χ4v) is 5.17. The number of anilines is 1. The molecule has 0 fully saturated rings. The van der Waals surface area contributed by atoms with Gasteiger partial charge in [-0.1, -0.05) is 36.5 Å². The summed E-state index contributed by atoms with van der Waals surface area (Å²) in [4.78, 5) is 26.7. The summed E-state index contributed by atoms with van der Waals surface area (Å²) in [6.07, 6.45) is 1.86. The Kier molecular flexibility index (Phi) is 7.41. The predicted molar refractivity (Wildman–Crippen MR) is 131 cm³/mol. The molecule has 0 saturated heterocycles. The first-order valence-electron chi connectivity index (χ1n) is 9.77. The highest BCUT2D eigenvalue weighted by atomic mass is 35.5. The molecule has 2 heterocycles. The van der Waals surface area contributed by atoms with Crippen LogP contribution in [0.3, 0.4) is 0 Å². The summed E-state index contributed by atoms with van der Waals surface area (Å²) in [5.74, 6) is -0.0697. The second-order valence-corrected chi connectivity index (χ2v) is 9.29. The van der Waals surface area contributed by atoms with Crippen LogP contribution in [0.5, 0.6) is 0 Å². The van der Waals surface area contributed by atoms with E-state index >= 15 is 0 Å². The summed E-state index contributed by atoms with van der Waals surface area (Å²) in [5.41, 5.74) is 3.09. The molecule has 0 saturated carbocycles. The third-order valence-corrected chi connectivity index (χ3v) is 6.86. The molecular weight excluding hydrogens is 436 g/mol. The zero-order chi connectivity index (χ0) is 20.4. The van der Waals surface area contributed by atoms with Gasteiger partial charge in [-0.25, -0.2) is 9.97 Å². The molecule has 8 heteroatoms. The number of amides is 1. The summed E-state index contributed by atoms with van der Waals surface area (Å²) in [6.45, 7) is 3.68. The molecule has 1 amide bonds. The molecule has 30 heavy (non-hydrogen) atoms. The lowest BCUT2D eigenvalue weighted by Crippen LogP contribution is -2.33. The molecule has 158 valence electrons. The molecule has 4 rings (SSSR count). The number of aromatic nitrogens is 2. The fourth-order valence-electron chi connectivity index (χ4n) is 3.20. The zero-order valence-electron chi connectivity index (χ0n) is 17.3. The topological polar surface area (TPSA) is 49.3 Å². The van der Waals surface area contributed by atoms with Gasteiger partial charge in [-0.3, -0.25) is 9.69 Å². The van der Waals surface area contributed by atoms with E-state index in [1.807, 2.05) is 44.4 Å². The van der Waals surface area contributed by atoms with Gasteiger partial charge < -0.3 is 4.90 Å². The van der Waals surface area contributed by atoms with E-state index in [1.165, 1.54) is 16.9 Å². The van der Waals surface area contributed by atoms with E-state index in [0.717, 1.165) is 45.0 Å². The number of fused-ring (bicyclic) bond motifs is 2. The number of halogens is 1. The van der Waals surface area contributed by atoms with Crippen molar-refractivity contribution in [3.05, 3.63) is 53.0 Å². The Balaban J connectivity index is 0.00000256. The molecule has 2 aromatic carbocycles. The smallest absolute Gasteiger partial charge is 0.289 e. The number of carbonyl (C=O) groups excluding carboxylic acids is 1. The van der Waals surface area contributed by atoms with E-state index in [0.29, 0.717) is 11.6 Å². The van der Waals surface area contributed by atoms with E-state index in [4.69, 9.17) is 4.98 Å². The quantitative estimate of drug-likeness (QED) is 0.366. The molecule has 0 aliphatic rings. The van der Waals surface area contributed by atoms with Crippen molar-refractivity contribution in [1.82, 2.24) is 14.9 Å². The summed E-state index contributed by atoms with van der Waals surface area (Å²) in [6, 6.07) is 14.2. The molecule has 0 atom stereocenters. The van der Waals surface area contributed by atoms with Crippen LogP contribution in [0, 0.1) is 0 Å². The Labute approximate surface area is 190 Å². The highest BCUT2D eigenvalue weighted by Gasteiger charge is 2.24. The number of para-hydroxylation sites is 1. The van der Waals surface area contributed by atoms with Gasteiger partial charge in [0, 0.05) is 6.54 Å².